The van der Waals surface area contributed by atoms with E-state index in [2.05, 4.69) is 0 Å². The minimum atomic E-state index is -3.18. The molecule has 1 atom stereocenters. The average molecular weight is 179 g/mol. The molecule has 0 bridgehead atoms. The first-order valence-corrected chi connectivity index (χ1v) is 5.10. The van der Waals surface area contributed by atoms with E-state index in [9.17, 15) is 9.36 Å². The molecule has 0 radical (unpaired) electrons. The summed E-state index contributed by atoms with van der Waals surface area (Å²) in [5.74, 6) is -1.28. The molecule has 5 nitrogen and oxygen atoms in total. The third kappa shape index (κ3) is 5.63. The van der Waals surface area contributed by atoms with Crippen molar-refractivity contribution >= 4 is 13.3 Å². The number of aliphatic carboxylic acids is 1. The van der Waals surface area contributed by atoms with Crippen molar-refractivity contribution in [3.8, 4) is 0 Å². The van der Waals surface area contributed by atoms with Gasteiger partial charge in [0.2, 0.25) is 7.37 Å². The second-order valence-corrected chi connectivity index (χ2v) is 4.67. The summed E-state index contributed by atoms with van der Waals surface area (Å²) in [5, 5.41) is 8.21. The van der Waals surface area contributed by atoms with Gasteiger partial charge in [0.15, 0.2) is 0 Å². The summed E-state index contributed by atoms with van der Waals surface area (Å²) >= 11 is 0. The van der Waals surface area contributed by atoms with Gasteiger partial charge in [0.1, 0.15) is 5.70 Å². The standard InChI is InChI=1S/C5H10NO4P/c1-11(9,10)3-2-4(6)5(7)8/h2H,3,6H2,1H3,(H,7,8)(H,9,10)/b4-2-. The van der Waals surface area contributed by atoms with Crippen LogP contribution in [0.25, 0.3) is 0 Å². The lowest BCUT2D eigenvalue weighted by atomic mass is 10.4. The largest absolute Gasteiger partial charge is 0.477 e. The molecule has 1 unspecified atom stereocenters. The molecule has 0 spiro atoms. The molecule has 0 rings (SSSR count). The van der Waals surface area contributed by atoms with Crippen LogP contribution in [-0.4, -0.2) is 28.8 Å². The van der Waals surface area contributed by atoms with E-state index in [4.69, 9.17) is 15.7 Å². The normalized spacial score (nSPS) is 17.5. The molecule has 0 aromatic rings. The highest BCUT2D eigenvalue weighted by Gasteiger charge is 2.08. The number of nitrogens with two attached hydrogens (primary N) is 1. The van der Waals surface area contributed by atoms with E-state index in [0.717, 1.165) is 12.7 Å². The Balaban J connectivity index is 4.15. The highest BCUT2D eigenvalue weighted by molar-refractivity contribution is 7.57. The first-order chi connectivity index (χ1) is 4.83. The van der Waals surface area contributed by atoms with Crippen LogP contribution in [0.1, 0.15) is 0 Å². The van der Waals surface area contributed by atoms with Gasteiger partial charge in [0, 0.05) is 12.8 Å². The van der Waals surface area contributed by atoms with Gasteiger partial charge in [0.25, 0.3) is 0 Å². The Labute approximate surface area is 64.0 Å². The Kier molecular flexibility index (Phi) is 3.29. The molecule has 6 heteroatoms. The minimum Gasteiger partial charge on any atom is -0.477 e. The number of hydrogen-bond acceptors (Lipinski definition) is 3. The molecule has 64 valence electrons. The van der Waals surface area contributed by atoms with Gasteiger partial charge in [-0.05, 0) is 6.08 Å². The quantitative estimate of drug-likeness (QED) is 0.412. The van der Waals surface area contributed by atoms with Crippen LogP contribution in [0, 0.1) is 0 Å². The maximum atomic E-state index is 10.6. The Morgan fingerprint density at radius 2 is 2.18 bits per heavy atom. The van der Waals surface area contributed by atoms with Crippen molar-refractivity contribution < 1.29 is 19.4 Å². The monoisotopic (exact) mass is 179 g/mol. The van der Waals surface area contributed by atoms with Gasteiger partial charge in [-0.2, -0.15) is 0 Å². The van der Waals surface area contributed by atoms with Crippen molar-refractivity contribution in [2.45, 2.75) is 0 Å². The summed E-state index contributed by atoms with van der Waals surface area (Å²) in [6, 6.07) is 0. The van der Waals surface area contributed by atoms with Gasteiger partial charge in [-0.1, -0.05) is 0 Å². The summed E-state index contributed by atoms with van der Waals surface area (Å²) in [4.78, 5) is 18.8. The molecule has 0 saturated carbocycles. The number of rotatable bonds is 3. The molecule has 0 fully saturated rings. The topological polar surface area (TPSA) is 101 Å². The van der Waals surface area contributed by atoms with Crippen LogP contribution >= 0.6 is 7.37 Å². The van der Waals surface area contributed by atoms with E-state index in [1.165, 1.54) is 0 Å². The molecule has 0 heterocycles. The van der Waals surface area contributed by atoms with Crippen molar-refractivity contribution in [3.63, 3.8) is 0 Å². The summed E-state index contributed by atoms with van der Waals surface area (Å²) in [5.41, 5.74) is 4.55. The van der Waals surface area contributed by atoms with E-state index in [0.29, 0.717) is 0 Å². The number of allylic oxidation sites excluding steroid dienone is 1. The molecule has 0 aliphatic heterocycles. The Hall–Kier alpha value is -0.800. The molecule has 0 saturated heterocycles. The summed E-state index contributed by atoms with van der Waals surface area (Å²) in [6.07, 6.45) is 0.828. The lowest BCUT2D eigenvalue weighted by Gasteiger charge is -1.99. The Morgan fingerprint density at radius 3 is 2.45 bits per heavy atom. The van der Waals surface area contributed by atoms with Crippen molar-refractivity contribution in [1.29, 1.82) is 0 Å². The molecule has 0 aliphatic rings. The van der Waals surface area contributed by atoms with Crippen molar-refractivity contribution in [2.24, 2.45) is 5.73 Å². The number of hydrogen-bond donors (Lipinski definition) is 3. The first kappa shape index (κ1) is 10.2. The zero-order valence-corrected chi connectivity index (χ0v) is 6.91. The van der Waals surface area contributed by atoms with Crippen molar-refractivity contribution in [2.75, 3.05) is 12.8 Å². The van der Waals surface area contributed by atoms with Gasteiger partial charge in [-0.3, -0.25) is 4.57 Å². The van der Waals surface area contributed by atoms with Gasteiger partial charge < -0.3 is 15.7 Å². The number of carboxylic acid groups (broad SMARTS) is 1. The smallest absolute Gasteiger partial charge is 0.351 e. The van der Waals surface area contributed by atoms with Gasteiger partial charge >= 0.3 is 5.97 Å². The zero-order valence-electron chi connectivity index (χ0n) is 6.02. The predicted molar refractivity (Wildman–Crippen MR) is 40.5 cm³/mol. The van der Waals surface area contributed by atoms with Crippen LogP contribution in [0.15, 0.2) is 11.8 Å². The lowest BCUT2D eigenvalue weighted by molar-refractivity contribution is -0.132. The first-order valence-electron chi connectivity index (χ1n) is 2.81. The van der Waals surface area contributed by atoms with Crippen LogP contribution in [-0.2, 0) is 9.36 Å². The van der Waals surface area contributed by atoms with E-state index in [1.807, 2.05) is 0 Å². The van der Waals surface area contributed by atoms with E-state index in [1.54, 1.807) is 0 Å². The number of carboxylic acids is 1. The third-order valence-corrected chi connectivity index (χ3v) is 1.76. The van der Waals surface area contributed by atoms with E-state index in [-0.39, 0.29) is 6.16 Å². The maximum absolute atomic E-state index is 10.6. The minimum absolute atomic E-state index is 0.203. The van der Waals surface area contributed by atoms with Crippen LogP contribution in [0.2, 0.25) is 0 Å². The second-order valence-electron chi connectivity index (χ2n) is 2.20. The molecule has 0 aromatic carbocycles. The molecule has 4 N–H and O–H groups in total. The van der Waals surface area contributed by atoms with Crippen LogP contribution in [0.5, 0.6) is 0 Å². The molecule has 0 aliphatic carbocycles. The molecule has 0 amide bonds. The fourth-order valence-corrected chi connectivity index (χ4v) is 0.890. The van der Waals surface area contributed by atoms with Gasteiger partial charge in [-0.15, -0.1) is 0 Å². The fraction of sp³-hybridized carbons (Fsp3) is 0.400. The zero-order chi connectivity index (χ0) is 9.07. The van der Waals surface area contributed by atoms with Gasteiger partial charge in [-0.25, -0.2) is 4.79 Å². The highest BCUT2D eigenvalue weighted by atomic mass is 31.2. The van der Waals surface area contributed by atoms with E-state index >= 15 is 0 Å². The Bertz CT molecular complexity index is 229. The van der Waals surface area contributed by atoms with Crippen LogP contribution < -0.4 is 5.73 Å². The number of carbonyl (C=O) groups is 1. The average Bonchev–Trinajstić information content (AvgIpc) is 1.80. The molecular weight excluding hydrogens is 169 g/mol. The highest BCUT2D eigenvalue weighted by Crippen LogP contribution is 2.34. The second kappa shape index (κ2) is 3.55. The summed E-state index contributed by atoms with van der Waals surface area (Å²) < 4.78 is 10.6. The lowest BCUT2D eigenvalue weighted by Crippen LogP contribution is -2.10. The molecule has 0 aromatic heterocycles. The predicted octanol–water partition coefficient (Wildman–Crippen LogP) is -0.186. The Morgan fingerprint density at radius 1 is 1.73 bits per heavy atom. The fourth-order valence-electron chi connectivity index (χ4n) is 0.355. The van der Waals surface area contributed by atoms with E-state index < -0.39 is 19.0 Å². The van der Waals surface area contributed by atoms with Crippen LogP contribution in [0.3, 0.4) is 0 Å². The van der Waals surface area contributed by atoms with Crippen molar-refractivity contribution in [1.82, 2.24) is 0 Å². The molecular formula is C5H10NO4P. The third-order valence-electron chi connectivity index (χ3n) is 0.897. The summed E-state index contributed by atoms with van der Waals surface area (Å²) in [6.45, 7) is 1.14. The maximum Gasteiger partial charge on any atom is 0.351 e. The van der Waals surface area contributed by atoms with Crippen molar-refractivity contribution in [3.05, 3.63) is 11.8 Å². The summed E-state index contributed by atoms with van der Waals surface area (Å²) in [7, 11) is -3.18. The molecule has 11 heavy (non-hydrogen) atoms. The van der Waals surface area contributed by atoms with Gasteiger partial charge in [0.05, 0.1) is 0 Å². The van der Waals surface area contributed by atoms with Crippen LogP contribution in [0.4, 0.5) is 0 Å². The SMILES string of the molecule is CP(=O)(O)C/C=C(\N)C(=O)O.